The number of hydrogen-bond donors (Lipinski definition) is 1. The molecule has 1 aromatic carbocycles. The van der Waals surface area contributed by atoms with Crippen LogP contribution in [0.3, 0.4) is 0 Å². The van der Waals surface area contributed by atoms with Gasteiger partial charge >= 0.3 is 0 Å². The molecular weight excluding hydrogens is 233 g/mol. The van der Waals surface area contributed by atoms with Crippen molar-refractivity contribution < 1.29 is 4.39 Å². The van der Waals surface area contributed by atoms with Gasteiger partial charge in [0.25, 0.3) is 0 Å². The minimum Gasteiger partial charge on any atom is -0.325 e. The number of halogens is 2. The third-order valence-corrected chi connectivity index (χ3v) is 2.57. The highest BCUT2D eigenvalue weighted by atomic mass is 79.9. The second-order valence-corrected chi connectivity index (χ2v) is 4.67. The van der Waals surface area contributed by atoms with E-state index in [4.69, 9.17) is 5.73 Å². The molecular formula is C10H13BrFN. The van der Waals surface area contributed by atoms with Gasteiger partial charge in [-0.25, -0.2) is 4.39 Å². The molecule has 72 valence electrons. The topological polar surface area (TPSA) is 26.0 Å². The van der Waals surface area contributed by atoms with Crippen molar-refractivity contribution in [3.63, 3.8) is 0 Å². The third kappa shape index (κ3) is 3.08. The summed E-state index contributed by atoms with van der Waals surface area (Å²) >= 11 is 3.20. The number of nitrogens with two attached hydrogens (primary N) is 1. The smallest absolute Gasteiger partial charge is 0.137 e. The van der Waals surface area contributed by atoms with E-state index in [0.29, 0.717) is 10.9 Å². The normalized spacial score (nSPS) is 11.8. The summed E-state index contributed by atoms with van der Waals surface area (Å²) in [5, 5.41) is 0. The summed E-state index contributed by atoms with van der Waals surface area (Å²) in [4.78, 5) is 0. The van der Waals surface area contributed by atoms with Crippen molar-refractivity contribution in [3.8, 4) is 0 Å². The lowest BCUT2D eigenvalue weighted by atomic mass is 9.96. The Bertz CT molecular complexity index is 304. The molecule has 0 aliphatic heterocycles. The van der Waals surface area contributed by atoms with E-state index in [2.05, 4.69) is 15.9 Å². The minimum absolute atomic E-state index is 0.234. The van der Waals surface area contributed by atoms with Gasteiger partial charge in [0, 0.05) is 5.54 Å². The van der Waals surface area contributed by atoms with Crippen LogP contribution in [0.4, 0.5) is 4.39 Å². The summed E-state index contributed by atoms with van der Waals surface area (Å²) in [6, 6.07) is 5.00. The molecule has 1 aromatic rings. The van der Waals surface area contributed by atoms with E-state index in [0.717, 1.165) is 5.56 Å². The average Bonchev–Trinajstić information content (AvgIpc) is 1.96. The Labute approximate surface area is 86.3 Å². The maximum atomic E-state index is 13.1. The van der Waals surface area contributed by atoms with Crippen LogP contribution in [-0.4, -0.2) is 5.54 Å². The summed E-state index contributed by atoms with van der Waals surface area (Å²) in [5.41, 5.74) is 6.44. The molecule has 0 unspecified atom stereocenters. The summed E-state index contributed by atoms with van der Waals surface area (Å²) < 4.78 is 13.6. The van der Waals surface area contributed by atoms with Crippen molar-refractivity contribution in [2.45, 2.75) is 25.8 Å². The van der Waals surface area contributed by atoms with Crippen LogP contribution in [0.25, 0.3) is 0 Å². The van der Waals surface area contributed by atoms with Gasteiger partial charge < -0.3 is 5.73 Å². The largest absolute Gasteiger partial charge is 0.325 e. The highest BCUT2D eigenvalue weighted by Gasteiger charge is 2.14. The molecule has 2 N–H and O–H groups in total. The van der Waals surface area contributed by atoms with Gasteiger partial charge in [-0.3, -0.25) is 0 Å². The highest BCUT2D eigenvalue weighted by molar-refractivity contribution is 9.10. The Morgan fingerprint density at radius 2 is 2.08 bits per heavy atom. The zero-order valence-corrected chi connectivity index (χ0v) is 9.36. The monoisotopic (exact) mass is 245 g/mol. The molecule has 1 nitrogen and oxygen atoms in total. The summed E-state index contributed by atoms with van der Waals surface area (Å²) in [6.45, 7) is 3.84. The average molecular weight is 246 g/mol. The first-order chi connectivity index (χ1) is 5.90. The van der Waals surface area contributed by atoms with E-state index in [-0.39, 0.29) is 11.4 Å². The van der Waals surface area contributed by atoms with E-state index >= 15 is 0 Å². The molecule has 0 bridgehead atoms. The lowest BCUT2D eigenvalue weighted by Gasteiger charge is -2.19. The van der Waals surface area contributed by atoms with E-state index in [1.165, 1.54) is 6.07 Å². The van der Waals surface area contributed by atoms with E-state index in [1.807, 2.05) is 19.9 Å². The lowest BCUT2D eigenvalue weighted by Crippen LogP contribution is -2.34. The standard InChI is InChI=1S/C10H13BrFN/c1-10(2,13)6-7-4-3-5-8(12)9(7)11/h3-5H,6,13H2,1-2H3. The lowest BCUT2D eigenvalue weighted by molar-refractivity contribution is 0.512. The Kier molecular flexibility index (Phi) is 3.09. The second kappa shape index (κ2) is 3.76. The molecule has 3 heteroatoms. The Morgan fingerprint density at radius 1 is 1.46 bits per heavy atom. The summed E-state index contributed by atoms with van der Waals surface area (Å²) in [6.07, 6.45) is 0.658. The first kappa shape index (κ1) is 10.7. The van der Waals surface area contributed by atoms with Gasteiger partial charge in [-0.1, -0.05) is 12.1 Å². The Hall–Kier alpha value is -0.410. The summed E-state index contributed by atoms with van der Waals surface area (Å²) in [5.74, 6) is -0.234. The van der Waals surface area contributed by atoms with Crippen molar-refractivity contribution in [1.29, 1.82) is 0 Å². The van der Waals surface area contributed by atoms with Crippen LogP contribution in [0.5, 0.6) is 0 Å². The van der Waals surface area contributed by atoms with Gasteiger partial charge in [-0.15, -0.1) is 0 Å². The summed E-state index contributed by atoms with van der Waals surface area (Å²) in [7, 11) is 0. The molecule has 0 saturated heterocycles. The van der Waals surface area contributed by atoms with Crippen molar-refractivity contribution in [3.05, 3.63) is 34.1 Å². The van der Waals surface area contributed by atoms with E-state index < -0.39 is 0 Å². The molecule has 0 radical (unpaired) electrons. The maximum Gasteiger partial charge on any atom is 0.137 e. The molecule has 0 saturated carbocycles. The van der Waals surface area contributed by atoms with Crippen LogP contribution in [0.2, 0.25) is 0 Å². The quantitative estimate of drug-likeness (QED) is 0.853. The van der Waals surface area contributed by atoms with Gasteiger partial charge in [0.1, 0.15) is 5.82 Å². The number of hydrogen-bond acceptors (Lipinski definition) is 1. The fourth-order valence-electron chi connectivity index (χ4n) is 1.18. The van der Waals surface area contributed by atoms with Gasteiger partial charge in [0.05, 0.1) is 4.47 Å². The van der Waals surface area contributed by atoms with Crippen molar-refractivity contribution in [2.75, 3.05) is 0 Å². The van der Waals surface area contributed by atoms with Gasteiger partial charge in [-0.05, 0) is 47.8 Å². The molecule has 13 heavy (non-hydrogen) atoms. The fourth-order valence-corrected chi connectivity index (χ4v) is 1.58. The predicted molar refractivity (Wildman–Crippen MR) is 56.1 cm³/mol. The molecule has 0 aromatic heterocycles. The SMILES string of the molecule is CC(C)(N)Cc1cccc(F)c1Br. The van der Waals surface area contributed by atoms with E-state index in [9.17, 15) is 4.39 Å². The third-order valence-electron chi connectivity index (χ3n) is 1.68. The Balaban J connectivity index is 2.96. The first-order valence-corrected chi connectivity index (χ1v) is 4.91. The van der Waals surface area contributed by atoms with Crippen LogP contribution in [0, 0.1) is 5.82 Å². The number of rotatable bonds is 2. The molecule has 0 aliphatic rings. The van der Waals surface area contributed by atoms with Gasteiger partial charge in [0.15, 0.2) is 0 Å². The predicted octanol–water partition coefficient (Wildman–Crippen LogP) is 2.87. The minimum atomic E-state index is -0.309. The molecule has 0 aliphatic carbocycles. The van der Waals surface area contributed by atoms with Crippen LogP contribution < -0.4 is 5.73 Å². The van der Waals surface area contributed by atoms with Gasteiger partial charge in [0.2, 0.25) is 0 Å². The van der Waals surface area contributed by atoms with Crippen molar-refractivity contribution in [2.24, 2.45) is 5.73 Å². The fraction of sp³-hybridized carbons (Fsp3) is 0.400. The molecule has 0 atom stereocenters. The Morgan fingerprint density at radius 3 is 2.62 bits per heavy atom. The highest BCUT2D eigenvalue weighted by Crippen LogP contribution is 2.23. The van der Waals surface area contributed by atoms with Crippen LogP contribution in [-0.2, 0) is 6.42 Å². The number of benzene rings is 1. The second-order valence-electron chi connectivity index (χ2n) is 3.88. The zero-order valence-electron chi connectivity index (χ0n) is 7.77. The first-order valence-electron chi connectivity index (χ1n) is 4.12. The molecule has 0 spiro atoms. The molecule has 1 rings (SSSR count). The van der Waals surface area contributed by atoms with Crippen LogP contribution in [0.1, 0.15) is 19.4 Å². The van der Waals surface area contributed by atoms with Crippen molar-refractivity contribution >= 4 is 15.9 Å². The van der Waals surface area contributed by atoms with Crippen LogP contribution >= 0.6 is 15.9 Å². The van der Waals surface area contributed by atoms with Crippen LogP contribution in [0.15, 0.2) is 22.7 Å². The zero-order chi connectivity index (χ0) is 10.1. The van der Waals surface area contributed by atoms with Crippen molar-refractivity contribution in [1.82, 2.24) is 0 Å². The molecule has 0 fully saturated rings. The maximum absolute atomic E-state index is 13.1. The molecule has 0 amide bonds. The molecule has 0 heterocycles. The van der Waals surface area contributed by atoms with E-state index in [1.54, 1.807) is 6.07 Å². The van der Waals surface area contributed by atoms with Gasteiger partial charge in [-0.2, -0.15) is 0 Å².